The third kappa shape index (κ3) is 3.30. The Hall–Kier alpha value is -4.18. The maximum atomic E-state index is 14.1. The average molecular weight is 447 g/mol. The molecule has 3 atom stereocenters. The van der Waals surface area contributed by atoms with Crippen molar-refractivity contribution in [3.63, 3.8) is 0 Å². The van der Waals surface area contributed by atoms with Gasteiger partial charge in [-0.2, -0.15) is 0 Å². The summed E-state index contributed by atoms with van der Waals surface area (Å²) in [5, 5.41) is 0.460. The van der Waals surface area contributed by atoms with E-state index >= 15 is 0 Å². The lowest BCUT2D eigenvalue weighted by Gasteiger charge is -2.38. The van der Waals surface area contributed by atoms with Crippen LogP contribution in [0.4, 0.5) is 0 Å². The normalized spacial score (nSPS) is 21.6. The summed E-state index contributed by atoms with van der Waals surface area (Å²) in [6.45, 7) is 0. The van der Waals surface area contributed by atoms with Crippen molar-refractivity contribution in [3.8, 4) is 11.3 Å². The summed E-state index contributed by atoms with van der Waals surface area (Å²) in [6.07, 6.45) is 5.67. The second-order valence-corrected chi connectivity index (χ2v) is 8.65. The third-order valence-electron chi connectivity index (χ3n) is 6.64. The molecule has 0 spiro atoms. The molecule has 1 aromatic heterocycles. The zero-order chi connectivity index (χ0) is 23.1. The minimum absolute atomic E-state index is 0.0181. The zero-order valence-corrected chi connectivity index (χ0v) is 18.4. The van der Waals surface area contributed by atoms with Gasteiger partial charge in [0, 0.05) is 5.56 Å². The second kappa shape index (κ2) is 8.31. The average Bonchev–Trinajstić information content (AvgIpc) is 2.90. The fraction of sp³-hybridized carbons (Fsp3) is 0.133. The van der Waals surface area contributed by atoms with Crippen molar-refractivity contribution in [2.24, 2.45) is 5.92 Å². The standard InChI is InChI=1S/C30H22O4/c31-27-21-15-7-9-17-23(21)33-29(19-11-3-1-4-12-19)25(27)26-28(32)22-16-8-10-18-24(22)34-30(26)20-13-5-2-6-14-20/h1-15,17-18,22,26,30H,16H2. The molecule has 0 bridgehead atoms. The molecule has 4 heteroatoms. The van der Waals surface area contributed by atoms with Crippen molar-refractivity contribution >= 4 is 16.8 Å². The van der Waals surface area contributed by atoms with E-state index in [1.807, 2.05) is 91.0 Å². The van der Waals surface area contributed by atoms with E-state index in [0.29, 0.717) is 34.5 Å². The van der Waals surface area contributed by atoms with E-state index in [-0.39, 0.29) is 11.2 Å². The minimum atomic E-state index is -0.799. The highest BCUT2D eigenvalue weighted by atomic mass is 16.5. The Morgan fingerprint density at radius 3 is 2.29 bits per heavy atom. The lowest BCUT2D eigenvalue weighted by molar-refractivity contribution is -0.133. The molecule has 1 aliphatic heterocycles. The van der Waals surface area contributed by atoms with Gasteiger partial charge in [0.1, 0.15) is 23.2 Å². The molecule has 166 valence electrons. The van der Waals surface area contributed by atoms with Crippen LogP contribution in [0.3, 0.4) is 0 Å². The predicted octanol–water partition coefficient (Wildman–Crippen LogP) is 6.34. The van der Waals surface area contributed by atoms with E-state index in [2.05, 4.69) is 0 Å². The van der Waals surface area contributed by atoms with E-state index in [1.165, 1.54) is 0 Å². The van der Waals surface area contributed by atoms with Crippen molar-refractivity contribution < 1.29 is 13.9 Å². The summed E-state index contributed by atoms with van der Waals surface area (Å²) in [5.74, 6) is -0.151. The maximum absolute atomic E-state index is 14.1. The Labute approximate surface area is 196 Å². The first kappa shape index (κ1) is 20.4. The number of carbonyl (C=O) groups excluding carboxylic acids is 1. The zero-order valence-electron chi connectivity index (χ0n) is 18.4. The fourth-order valence-corrected chi connectivity index (χ4v) is 5.01. The number of para-hydroxylation sites is 1. The van der Waals surface area contributed by atoms with Crippen LogP contribution in [0.5, 0.6) is 0 Å². The molecule has 1 fully saturated rings. The number of benzene rings is 3. The van der Waals surface area contributed by atoms with Crippen molar-refractivity contribution in [3.05, 3.63) is 130 Å². The van der Waals surface area contributed by atoms with Gasteiger partial charge < -0.3 is 9.15 Å². The molecule has 0 radical (unpaired) electrons. The summed E-state index contributed by atoms with van der Waals surface area (Å²) in [4.78, 5) is 28.1. The van der Waals surface area contributed by atoms with Gasteiger partial charge in [-0.05, 0) is 30.2 Å². The Bertz CT molecular complexity index is 1500. The summed E-state index contributed by atoms with van der Waals surface area (Å²) in [7, 11) is 0. The summed E-state index contributed by atoms with van der Waals surface area (Å²) >= 11 is 0. The summed E-state index contributed by atoms with van der Waals surface area (Å²) < 4.78 is 12.8. The molecule has 6 rings (SSSR count). The molecule has 2 aliphatic rings. The van der Waals surface area contributed by atoms with Crippen molar-refractivity contribution in [2.75, 3.05) is 0 Å². The molecule has 4 aromatic rings. The van der Waals surface area contributed by atoms with Gasteiger partial charge in [-0.15, -0.1) is 0 Å². The molecule has 2 heterocycles. The first-order valence-corrected chi connectivity index (χ1v) is 11.5. The smallest absolute Gasteiger partial charge is 0.197 e. The monoisotopic (exact) mass is 446 g/mol. The molecular weight excluding hydrogens is 424 g/mol. The number of hydrogen-bond donors (Lipinski definition) is 0. The molecular formula is C30H22O4. The highest BCUT2D eigenvalue weighted by Crippen LogP contribution is 2.47. The van der Waals surface area contributed by atoms with Crippen LogP contribution in [0.25, 0.3) is 22.3 Å². The van der Waals surface area contributed by atoms with E-state index in [4.69, 9.17) is 9.15 Å². The summed E-state index contributed by atoms with van der Waals surface area (Å²) in [5.41, 5.74) is 2.27. The van der Waals surface area contributed by atoms with Crippen LogP contribution < -0.4 is 5.43 Å². The first-order chi connectivity index (χ1) is 16.7. The number of allylic oxidation sites excluding steroid dienone is 4. The quantitative estimate of drug-likeness (QED) is 0.368. The topological polar surface area (TPSA) is 56.5 Å². The van der Waals surface area contributed by atoms with Gasteiger partial charge >= 0.3 is 0 Å². The van der Waals surface area contributed by atoms with Gasteiger partial charge in [0.2, 0.25) is 0 Å². The van der Waals surface area contributed by atoms with Crippen LogP contribution in [0.15, 0.2) is 118 Å². The number of hydrogen-bond acceptors (Lipinski definition) is 4. The van der Waals surface area contributed by atoms with Crippen molar-refractivity contribution in [2.45, 2.75) is 18.4 Å². The molecule has 0 N–H and O–H groups in total. The molecule has 1 aliphatic carbocycles. The molecule has 0 amide bonds. The van der Waals surface area contributed by atoms with E-state index < -0.39 is 17.9 Å². The van der Waals surface area contributed by atoms with Crippen LogP contribution in [0.2, 0.25) is 0 Å². The van der Waals surface area contributed by atoms with Crippen molar-refractivity contribution in [1.29, 1.82) is 0 Å². The molecule has 4 nitrogen and oxygen atoms in total. The number of Topliss-reactive ketones (excluding diaryl/α,β-unsaturated/α-hetero) is 1. The Kier molecular flexibility index (Phi) is 4.99. The second-order valence-electron chi connectivity index (χ2n) is 8.65. The van der Waals surface area contributed by atoms with Gasteiger partial charge in [-0.25, -0.2) is 0 Å². The molecule has 3 unspecified atom stereocenters. The van der Waals surface area contributed by atoms with Gasteiger partial charge in [0.15, 0.2) is 11.2 Å². The van der Waals surface area contributed by atoms with Crippen LogP contribution in [0.1, 0.15) is 29.6 Å². The van der Waals surface area contributed by atoms with Crippen LogP contribution >= 0.6 is 0 Å². The van der Waals surface area contributed by atoms with E-state index in [1.54, 1.807) is 12.1 Å². The Morgan fingerprint density at radius 1 is 0.794 bits per heavy atom. The van der Waals surface area contributed by atoms with Gasteiger partial charge in [0.05, 0.1) is 22.8 Å². The number of ketones is 1. The number of ether oxygens (including phenoxy) is 1. The minimum Gasteiger partial charge on any atom is -0.488 e. The van der Waals surface area contributed by atoms with Crippen LogP contribution in [0, 0.1) is 5.92 Å². The number of rotatable bonds is 3. The van der Waals surface area contributed by atoms with E-state index in [0.717, 1.165) is 11.1 Å². The fourth-order valence-electron chi connectivity index (χ4n) is 5.01. The lowest BCUT2D eigenvalue weighted by Crippen LogP contribution is -2.38. The van der Waals surface area contributed by atoms with Crippen LogP contribution in [-0.2, 0) is 9.53 Å². The van der Waals surface area contributed by atoms with Gasteiger partial charge in [-0.3, -0.25) is 9.59 Å². The first-order valence-electron chi connectivity index (χ1n) is 11.5. The molecule has 3 aromatic carbocycles. The number of fused-ring (bicyclic) bond motifs is 2. The third-order valence-corrected chi connectivity index (χ3v) is 6.64. The highest BCUT2D eigenvalue weighted by Gasteiger charge is 2.46. The molecule has 1 saturated heterocycles. The maximum Gasteiger partial charge on any atom is 0.197 e. The predicted molar refractivity (Wildman–Crippen MR) is 131 cm³/mol. The summed E-state index contributed by atoms with van der Waals surface area (Å²) in [6, 6.07) is 26.3. The Balaban J connectivity index is 1.65. The lowest BCUT2D eigenvalue weighted by atomic mass is 9.75. The SMILES string of the molecule is O=C1C2CC=CC=C2OC(c2ccccc2)C1c1c(-c2ccccc2)oc2ccccc2c1=O. The number of carbonyl (C=O) groups is 1. The largest absolute Gasteiger partial charge is 0.488 e. The molecule has 34 heavy (non-hydrogen) atoms. The Morgan fingerprint density at radius 2 is 1.50 bits per heavy atom. The molecule has 0 saturated carbocycles. The van der Waals surface area contributed by atoms with Crippen molar-refractivity contribution in [1.82, 2.24) is 0 Å². The van der Waals surface area contributed by atoms with Crippen LogP contribution in [-0.4, -0.2) is 5.78 Å². The van der Waals surface area contributed by atoms with Gasteiger partial charge in [-0.1, -0.05) is 84.9 Å². The van der Waals surface area contributed by atoms with E-state index in [9.17, 15) is 9.59 Å². The highest BCUT2D eigenvalue weighted by molar-refractivity contribution is 5.94. The van der Waals surface area contributed by atoms with Gasteiger partial charge in [0.25, 0.3) is 0 Å².